The van der Waals surface area contributed by atoms with Gasteiger partial charge < -0.3 is 16.0 Å². The SMILES string of the molecule is C/C=C\c1c(Cl)ccc2c1CCNCC2.O=C1NCCN1. The van der Waals surface area contributed by atoms with Crippen molar-refractivity contribution in [1.82, 2.24) is 16.0 Å². The van der Waals surface area contributed by atoms with Gasteiger partial charge in [-0.1, -0.05) is 29.8 Å². The van der Waals surface area contributed by atoms with Crippen LogP contribution in [0.25, 0.3) is 6.08 Å². The third-order valence-corrected chi connectivity index (χ3v) is 3.88. The van der Waals surface area contributed by atoms with Crippen molar-refractivity contribution in [3.8, 4) is 0 Å². The molecule has 1 fully saturated rings. The number of benzene rings is 1. The van der Waals surface area contributed by atoms with Gasteiger partial charge in [-0.2, -0.15) is 0 Å². The zero-order valence-corrected chi connectivity index (χ0v) is 13.1. The van der Waals surface area contributed by atoms with Gasteiger partial charge in [-0.15, -0.1) is 0 Å². The van der Waals surface area contributed by atoms with Crippen molar-refractivity contribution in [2.24, 2.45) is 0 Å². The number of hydrogen-bond acceptors (Lipinski definition) is 2. The van der Waals surface area contributed by atoms with Gasteiger partial charge in [0, 0.05) is 18.1 Å². The highest BCUT2D eigenvalue weighted by Crippen LogP contribution is 2.26. The van der Waals surface area contributed by atoms with E-state index in [0.717, 1.165) is 44.0 Å². The summed E-state index contributed by atoms with van der Waals surface area (Å²) in [6.45, 7) is 5.71. The molecular formula is C16H22ClN3O. The molecule has 3 N–H and O–H groups in total. The number of carbonyl (C=O) groups is 1. The van der Waals surface area contributed by atoms with E-state index >= 15 is 0 Å². The summed E-state index contributed by atoms with van der Waals surface area (Å²) in [6.07, 6.45) is 6.36. The van der Waals surface area contributed by atoms with Gasteiger partial charge >= 0.3 is 6.03 Å². The lowest BCUT2D eigenvalue weighted by molar-refractivity contribution is 0.248. The minimum Gasteiger partial charge on any atom is -0.336 e. The molecule has 0 bridgehead atoms. The number of urea groups is 1. The average molecular weight is 308 g/mol. The third-order valence-electron chi connectivity index (χ3n) is 3.55. The number of rotatable bonds is 1. The molecular weight excluding hydrogens is 286 g/mol. The van der Waals surface area contributed by atoms with Crippen molar-refractivity contribution in [2.45, 2.75) is 19.8 Å². The van der Waals surface area contributed by atoms with Crippen LogP contribution in [-0.4, -0.2) is 32.2 Å². The first kappa shape index (κ1) is 15.9. The van der Waals surface area contributed by atoms with E-state index in [2.05, 4.69) is 34.2 Å². The van der Waals surface area contributed by atoms with Gasteiger partial charge in [-0.25, -0.2) is 4.79 Å². The van der Waals surface area contributed by atoms with Crippen LogP contribution in [0.3, 0.4) is 0 Å². The molecule has 0 radical (unpaired) electrons. The van der Waals surface area contributed by atoms with Crippen LogP contribution >= 0.6 is 11.6 Å². The molecule has 0 unspecified atom stereocenters. The number of carbonyl (C=O) groups excluding carboxylic acids is 1. The summed E-state index contributed by atoms with van der Waals surface area (Å²) in [6, 6.07) is 4.13. The topological polar surface area (TPSA) is 53.2 Å². The second-order valence-electron chi connectivity index (χ2n) is 5.03. The standard InChI is InChI=1S/C13H16ClN.C3H6N2O/c1-2-3-12-11-7-9-15-8-6-10(11)4-5-13(12)14;6-3-4-1-2-5-3/h2-5,15H,6-9H2,1H3;1-2H2,(H2,4,5,6)/b3-2-;. The fourth-order valence-electron chi connectivity index (χ4n) is 2.53. The van der Waals surface area contributed by atoms with Gasteiger partial charge in [0.2, 0.25) is 0 Å². The van der Waals surface area contributed by atoms with E-state index < -0.39 is 0 Å². The highest BCUT2D eigenvalue weighted by molar-refractivity contribution is 6.32. The fraction of sp³-hybridized carbons (Fsp3) is 0.438. The minimum absolute atomic E-state index is 0.0463. The summed E-state index contributed by atoms with van der Waals surface area (Å²) < 4.78 is 0. The van der Waals surface area contributed by atoms with E-state index in [4.69, 9.17) is 11.6 Å². The molecule has 21 heavy (non-hydrogen) atoms. The fourth-order valence-corrected chi connectivity index (χ4v) is 2.77. The van der Waals surface area contributed by atoms with Crippen LogP contribution in [0.1, 0.15) is 23.6 Å². The van der Waals surface area contributed by atoms with Crippen LogP contribution in [-0.2, 0) is 12.8 Å². The Labute approximate surface area is 130 Å². The highest BCUT2D eigenvalue weighted by Gasteiger charge is 2.12. The summed E-state index contributed by atoms with van der Waals surface area (Å²) in [5, 5.41) is 9.42. The maximum atomic E-state index is 10.0. The number of halogens is 1. The van der Waals surface area contributed by atoms with Crippen molar-refractivity contribution in [3.05, 3.63) is 39.9 Å². The number of fused-ring (bicyclic) bond motifs is 1. The predicted molar refractivity (Wildman–Crippen MR) is 87.8 cm³/mol. The van der Waals surface area contributed by atoms with Gasteiger partial charge in [-0.3, -0.25) is 0 Å². The molecule has 2 heterocycles. The monoisotopic (exact) mass is 307 g/mol. The molecule has 5 heteroatoms. The van der Waals surface area contributed by atoms with E-state index in [-0.39, 0.29) is 6.03 Å². The number of hydrogen-bond donors (Lipinski definition) is 3. The molecule has 1 saturated heterocycles. The van der Waals surface area contributed by atoms with Crippen LogP contribution in [0.15, 0.2) is 18.2 Å². The minimum atomic E-state index is -0.0463. The molecule has 0 atom stereocenters. The van der Waals surface area contributed by atoms with E-state index in [0.29, 0.717) is 0 Å². The number of amides is 2. The summed E-state index contributed by atoms with van der Waals surface area (Å²) in [4.78, 5) is 10.0. The van der Waals surface area contributed by atoms with E-state index in [1.807, 2.05) is 13.0 Å². The van der Waals surface area contributed by atoms with Crippen molar-refractivity contribution < 1.29 is 4.79 Å². The van der Waals surface area contributed by atoms with Crippen LogP contribution in [0, 0.1) is 0 Å². The molecule has 114 valence electrons. The molecule has 2 aliphatic heterocycles. The lowest BCUT2D eigenvalue weighted by Gasteiger charge is -2.10. The first-order chi connectivity index (χ1) is 10.2. The maximum Gasteiger partial charge on any atom is 0.314 e. The lowest BCUT2D eigenvalue weighted by atomic mass is 9.97. The Morgan fingerprint density at radius 3 is 2.43 bits per heavy atom. The molecule has 3 rings (SSSR count). The van der Waals surface area contributed by atoms with E-state index in [1.165, 1.54) is 16.7 Å². The molecule has 1 aromatic carbocycles. The van der Waals surface area contributed by atoms with E-state index in [1.54, 1.807) is 0 Å². The Balaban J connectivity index is 0.000000225. The van der Waals surface area contributed by atoms with Gasteiger partial charge in [0.15, 0.2) is 0 Å². The van der Waals surface area contributed by atoms with Crippen molar-refractivity contribution in [2.75, 3.05) is 26.2 Å². The second kappa shape index (κ2) is 8.05. The first-order valence-electron chi connectivity index (χ1n) is 7.37. The molecule has 2 aliphatic rings. The molecule has 4 nitrogen and oxygen atoms in total. The van der Waals surface area contributed by atoms with Crippen LogP contribution in [0.5, 0.6) is 0 Å². The Morgan fingerprint density at radius 2 is 1.81 bits per heavy atom. The van der Waals surface area contributed by atoms with Crippen LogP contribution < -0.4 is 16.0 Å². The average Bonchev–Trinajstić information content (AvgIpc) is 2.83. The predicted octanol–water partition coefficient (Wildman–Crippen LogP) is 2.36. The molecule has 1 aromatic rings. The van der Waals surface area contributed by atoms with Gasteiger partial charge in [0.25, 0.3) is 0 Å². The summed E-state index contributed by atoms with van der Waals surface area (Å²) in [5.41, 5.74) is 4.07. The van der Waals surface area contributed by atoms with Gasteiger partial charge in [0.05, 0.1) is 0 Å². The third kappa shape index (κ3) is 4.48. The molecule has 2 amide bonds. The molecule has 0 aromatic heterocycles. The number of allylic oxidation sites excluding steroid dienone is 1. The Morgan fingerprint density at radius 1 is 1.10 bits per heavy atom. The lowest BCUT2D eigenvalue weighted by Crippen LogP contribution is -2.20. The van der Waals surface area contributed by atoms with E-state index in [9.17, 15) is 4.79 Å². The molecule has 0 saturated carbocycles. The quantitative estimate of drug-likeness (QED) is 0.746. The van der Waals surface area contributed by atoms with Gasteiger partial charge in [-0.05, 0) is 55.6 Å². The van der Waals surface area contributed by atoms with Crippen molar-refractivity contribution in [1.29, 1.82) is 0 Å². The molecule has 0 aliphatic carbocycles. The summed E-state index contributed by atoms with van der Waals surface area (Å²) in [7, 11) is 0. The zero-order chi connectivity index (χ0) is 15.1. The highest BCUT2D eigenvalue weighted by atomic mass is 35.5. The number of nitrogens with one attached hydrogen (secondary N) is 3. The summed E-state index contributed by atoms with van der Waals surface area (Å²) >= 11 is 6.22. The second-order valence-corrected chi connectivity index (χ2v) is 5.44. The Bertz CT molecular complexity index is 520. The van der Waals surface area contributed by atoms with Gasteiger partial charge in [0.1, 0.15) is 0 Å². The summed E-state index contributed by atoms with van der Waals surface area (Å²) in [5.74, 6) is 0. The Hall–Kier alpha value is -1.52. The first-order valence-corrected chi connectivity index (χ1v) is 7.75. The smallest absolute Gasteiger partial charge is 0.314 e. The van der Waals surface area contributed by atoms with Crippen LogP contribution in [0.2, 0.25) is 5.02 Å². The van der Waals surface area contributed by atoms with Crippen molar-refractivity contribution >= 4 is 23.7 Å². The Kier molecular flexibility index (Phi) is 6.08. The van der Waals surface area contributed by atoms with Crippen LogP contribution in [0.4, 0.5) is 4.79 Å². The maximum absolute atomic E-state index is 10.0. The zero-order valence-electron chi connectivity index (χ0n) is 12.3. The van der Waals surface area contributed by atoms with Crippen molar-refractivity contribution in [3.63, 3.8) is 0 Å². The largest absolute Gasteiger partial charge is 0.336 e. The normalized spacial score (nSPS) is 17.3. The molecule has 0 spiro atoms.